The normalized spacial score (nSPS) is 11.7. The lowest BCUT2D eigenvalue weighted by molar-refractivity contribution is 0.704. The summed E-state index contributed by atoms with van der Waals surface area (Å²) in [6, 6.07) is 12.2. The molecule has 5 aromatic rings. The maximum absolute atomic E-state index is 5.46. The van der Waals surface area contributed by atoms with E-state index in [2.05, 4.69) is 32.3 Å². The van der Waals surface area contributed by atoms with Crippen molar-refractivity contribution >= 4 is 39.8 Å². The highest BCUT2D eigenvalue weighted by Crippen LogP contribution is 2.25. The minimum absolute atomic E-state index is 0.555. The van der Waals surface area contributed by atoms with Crippen LogP contribution in [0.2, 0.25) is 0 Å². The molecule has 122 valence electrons. The van der Waals surface area contributed by atoms with Crippen LogP contribution in [-0.2, 0) is 6.54 Å². The zero-order chi connectivity index (χ0) is 17.0. The second-order valence-electron chi connectivity index (χ2n) is 6.10. The summed E-state index contributed by atoms with van der Waals surface area (Å²) in [5, 5.41) is 9.68. The number of H-pyrrole nitrogens is 1. The zero-order valence-electron chi connectivity index (χ0n) is 13.5. The number of pyridine rings is 1. The Morgan fingerprint density at radius 3 is 2.80 bits per heavy atom. The molecule has 0 spiro atoms. The fraction of sp³-hybridized carbons (Fsp3) is 0.111. The molecule has 0 atom stereocenters. The second-order valence-corrected chi connectivity index (χ2v) is 6.48. The number of hydrogen-bond acceptors (Lipinski definition) is 4. The van der Waals surface area contributed by atoms with Crippen molar-refractivity contribution in [2.45, 2.75) is 13.5 Å². The van der Waals surface area contributed by atoms with Gasteiger partial charge in [-0.15, -0.1) is 0 Å². The highest BCUT2D eigenvalue weighted by molar-refractivity contribution is 7.71. The summed E-state index contributed by atoms with van der Waals surface area (Å²) >= 11 is 5.46. The van der Waals surface area contributed by atoms with Crippen molar-refractivity contribution in [2.75, 3.05) is 0 Å². The molecule has 7 heteroatoms. The number of hydrogen-bond donors (Lipinski definition) is 1. The SMILES string of the molecule is Cc1cc2nc(=S)c3cnc4c(cnn4Cc4ccccc4)c3n2[nH]1. The Kier molecular flexibility index (Phi) is 2.98. The average molecular weight is 346 g/mol. The monoisotopic (exact) mass is 346 g/mol. The van der Waals surface area contributed by atoms with Crippen molar-refractivity contribution in [2.24, 2.45) is 0 Å². The van der Waals surface area contributed by atoms with Gasteiger partial charge in [0.05, 0.1) is 29.0 Å². The molecule has 1 aromatic carbocycles. The molecule has 0 saturated heterocycles. The molecule has 1 N–H and O–H groups in total. The zero-order valence-corrected chi connectivity index (χ0v) is 14.3. The minimum Gasteiger partial charge on any atom is -0.297 e. The molecule has 25 heavy (non-hydrogen) atoms. The first-order chi connectivity index (χ1) is 12.2. The van der Waals surface area contributed by atoms with Crippen molar-refractivity contribution in [3.8, 4) is 0 Å². The molecule has 0 amide bonds. The number of nitrogens with zero attached hydrogens (tertiary/aromatic N) is 5. The molecular formula is C18H14N6S. The van der Waals surface area contributed by atoms with Crippen LogP contribution in [0.1, 0.15) is 11.3 Å². The molecule has 0 radical (unpaired) electrons. The first kappa shape index (κ1) is 14.3. The Hall–Kier alpha value is -3.06. The largest absolute Gasteiger partial charge is 0.297 e. The van der Waals surface area contributed by atoms with Gasteiger partial charge in [-0.1, -0.05) is 42.5 Å². The van der Waals surface area contributed by atoms with Gasteiger partial charge in [0.25, 0.3) is 0 Å². The number of fused-ring (bicyclic) bond motifs is 5. The molecule has 0 unspecified atom stereocenters. The van der Waals surface area contributed by atoms with Crippen LogP contribution in [0.15, 0.2) is 48.8 Å². The highest BCUT2D eigenvalue weighted by Gasteiger charge is 2.14. The summed E-state index contributed by atoms with van der Waals surface area (Å²) in [5.74, 6) is 0. The first-order valence-corrected chi connectivity index (χ1v) is 8.38. The Bertz CT molecular complexity index is 1300. The van der Waals surface area contributed by atoms with E-state index in [1.807, 2.05) is 46.6 Å². The van der Waals surface area contributed by atoms with Crippen LogP contribution in [0.25, 0.3) is 27.6 Å². The summed E-state index contributed by atoms with van der Waals surface area (Å²) in [5.41, 5.74) is 4.81. The topological polar surface area (TPSA) is 63.8 Å². The van der Waals surface area contributed by atoms with E-state index in [1.54, 1.807) is 6.20 Å². The van der Waals surface area contributed by atoms with Crippen LogP contribution < -0.4 is 0 Å². The molecular weight excluding hydrogens is 332 g/mol. The van der Waals surface area contributed by atoms with Crippen molar-refractivity contribution in [1.29, 1.82) is 0 Å². The van der Waals surface area contributed by atoms with Gasteiger partial charge in [-0.3, -0.25) is 5.10 Å². The molecule has 0 bridgehead atoms. The molecule has 0 saturated carbocycles. The van der Waals surface area contributed by atoms with E-state index in [0.29, 0.717) is 11.2 Å². The molecule has 4 aromatic heterocycles. The van der Waals surface area contributed by atoms with E-state index in [1.165, 1.54) is 5.56 Å². The lowest BCUT2D eigenvalue weighted by Crippen LogP contribution is -2.03. The molecule has 0 fully saturated rings. The Labute approximate surface area is 147 Å². The van der Waals surface area contributed by atoms with Gasteiger partial charge in [-0.25, -0.2) is 19.2 Å². The predicted octanol–water partition coefficient (Wildman–Crippen LogP) is 3.65. The van der Waals surface area contributed by atoms with Gasteiger partial charge in [0, 0.05) is 18.0 Å². The van der Waals surface area contributed by atoms with Crippen LogP contribution in [-0.4, -0.2) is 29.4 Å². The molecule has 0 aliphatic rings. The lowest BCUT2D eigenvalue weighted by atomic mass is 10.2. The molecule has 4 heterocycles. The van der Waals surface area contributed by atoms with Crippen molar-refractivity contribution in [3.63, 3.8) is 0 Å². The quantitative estimate of drug-likeness (QED) is 0.496. The van der Waals surface area contributed by atoms with Gasteiger partial charge >= 0.3 is 0 Å². The fourth-order valence-corrected chi connectivity index (χ4v) is 3.47. The van der Waals surface area contributed by atoms with Crippen LogP contribution in [0.5, 0.6) is 0 Å². The molecule has 0 aliphatic carbocycles. The summed E-state index contributed by atoms with van der Waals surface area (Å²) in [6.07, 6.45) is 3.64. The van der Waals surface area contributed by atoms with Gasteiger partial charge < -0.3 is 0 Å². The predicted molar refractivity (Wildman–Crippen MR) is 99.2 cm³/mol. The number of aromatic nitrogens is 6. The summed E-state index contributed by atoms with van der Waals surface area (Å²) in [4.78, 5) is 9.09. The van der Waals surface area contributed by atoms with Crippen LogP contribution >= 0.6 is 12.2 Å². The van der Waals surface area contributed by atoms with Crippen molar-refractivity contribution in [3.05, 3.63) is 64.7 Å². The smallest absolute Gasteiger partial charge is 0.160 e. The minimum atomic E-state index is 0.555. The maximum Gasteiger partial charge on any atom is 0.160 e. The van der Waals surface area contributed by atoms with E-state index in [9.17, 15) is 0 Å². The van der Waals surface area contributed by atoms with Gasteiger partial charge in [-0.05, 0) is 12.5 Å². The fourth-order valence-electron chi connectivity index (χ4n) is 3.22. The van der Waals surface area contributed by atoms with Crippen molar-refractivity contribution < 1.29 is 0 Å². The van der Waals surface area contributed by atoms with E-state index >= 15 is 0 Å². The lowest BCUT2D eigenvalue weighted by Gasteiger charge is -2.06. The van der Waals surface area contributed by atoms with Crippen LogP contribution in [0.4, 0.5) is 0 Å². The number of rotatable bonds is 2. The molecule has 6 nitrogen and oxygen atoms in total. The third-order valence-electron chi connectivity index (χ3n) is 4.35. The Morgan fingerprint density at radius 2 is 1.96 bits per heavy atom. The van der Waals surface area contributed by atoms with E-state index in [4.69, 9.17) is 12.2 Å². The highest BCUT2D eigenvalue weighted by atomic mass is 32.1. The Balaban J connectivity index is 1.82. The third kappa shape index (κ3) is 2.16. The number of aryl methyl sites for hydroxylation is 1. The summed E-state index contributed by atoms with van der Waals surface area (Å²) in [6.45, 7) is 2.67. The van der Waals surface area contributed by atoms with Gasteiger partial charge in [0.1, 0.15) is 4.64 Å². The second kappa shape index (κ2) is 5.22. The number of aromatic amines is 1. The summed E-state index contributed by atoms with van der Waals surface area (Å²) in [7, 11) is 0. The third-order valence-corrected chi connectivity index (χ3v) is 4.66. The Morgan fingerprint density at radius 1 is 1.12 bits per heavy atom. The summed E-state index contributed by atoms with van der Waals surface area (Å²) < 4.78 is 4.42. The van der Waals surface area contributed by atoms with E-state index in [-0.39, 0.29) is 0 Å². The first-order valence-electron chi connectivity index (χ1n) is 7.97. The number of benzene rings is 1. The van der Waals surface area contributed by atoms with Crippen LogP contribution in [0, 0.1) is 11.6 Å². The molecule has 5 rings (SSSR count). The van der Waals surface area contributed by atoms with Crippen LogP contribution in [0.3, 0.4) is 0 Å². The van der Waals surface area contributed by atoms with Crippen molar-refractivity contribution in [1.82, 2.24) is 29.4 Å². The average Bonchev–Trinajstić information content (AvgIpc) is 3.18. The van der Waals surface area contributed by atoms with E-state index < -0.39 is 0 Å². The standard InChI is InChI=1S/C18H14N6S/c1-11-7-15-21-18(25)14-8-19-17-13(16(14)24(15)22-11)9-20-23(17)10-12-5-3-2-4-6-12/h2-9,22H,10H2,1H3. The van der Waals surface area contributed by atoms with E-state index in [0.717, 1.165) is 33.3 Å². The maximum atomic E-state index is 5.46. The van der Waals surface area contributed by atoms with Gasteiger partial charge in [0.2, 0.25) is 0 Å². The number of nitrogens with one attached hydrogen (secondary N) is 1. The van der Waals surface area contributed by atoms with Gasteiger partial charge in [0.15, 0.2) is 11.3 Å². The molecule has 0 aliphatic heterocycles. The van der Waals surface area contributed by atoms with Gasteiger partial charge in [-0.2, -0.15) is 5.10 Å².